The fourth-order valence-electron chi connectivity index (χ4n) is 2.49. The normalized spacial score (nSPS) is 10.3. The molecule has 136 valence electrons. The molecule has 0 aromatic heterocycles. The third kappa shape index (κ3) is 5.68. The van der Waals surface area contributed by atoms with Crippen LogP contribution >= 0.6 is 23.2 Å². The van der Waals surface area contributed by atoms with Crippen LogP contribution in [0.1, 0.15) is 16.7 Å². The maximum absolute atomic E-state index is 12.1. The number of rotatable bonds is 6. The standard InChI is InChI=1S/C22H17Cl2NO2/c23-19-10-6-17(7-11-19)22(18-8-12-20(24)13-9-18)25-14-21(26)27-15-16-4-2-1-3-5-16/h1-13H,14-15H2. The number of carbonyl (C=O) groups is 1. The Labute approximate surface area is 168 Å². The molecule has 27 heavy (non-hydrogen) atoms. The van der Waals surface area contributed by atoms with Gasteiger partial charge in [-0.3, -0.25) is 9.79 Å². The van der Waals surface area contributed by atoms with Crippen LogP contribution in [0.15, 0.2) is 83.9 Å². The second kappa shape index (κ2) is 9.36. The molecular formula is C22H17Cl2NO2. The van der Waals surface area contributed by atoms with E-state index < -0.39 is 0 Å². The first kappa shape index (κ1) is 19.2. The number of carbonyl (C=O) groups excluding carboxylic acids is 1. The molecule has 0 N–H and O–H groups in total. The molecule has 0 amide bonds. The van der Waals surface area contributed by atoms with Crippen molar-refractivity contribution in [3.8, 4) is 0 Å². The van der Waals surface area contributed by atoms with Crippen molar-refractivity contribution in [3.63, 3.8) is 0 Å². The Morgan fingerprint density at radius 2 is 1.30 bits per heavy atom. The third-order valence-electron chi connectivity index (χ3n) is 3.84. The first-order valence-corrected chi connectivity index (χ1v) is 9.13. The van der Waals surface area contributed by atoms with Crippen LogP contribution < -0.4 is 0 Å². The summed E-state index contributed by atoms with van der Waals surface area (Å²) in [7, 11) is 0. The van der Waals surface area contributed by atoms with Crippen LogP contribution in [0.4, 0.5) is 0 Å². The first-order chi connectivity index (χ1) is 13.1. The van der Waals surface area contributed by atoms with Crippen molar-refractivity contribution < 1.29 is 9.53 Å². The topological polar surface area (TPSA) is 38.7 Å². The van der Waals surface area contributed by atoms with E-state index in [0.717, 1.165) is 16.7 Å². The number of aliphatic imine (C=N–C) groups is 1. The van der Waals surface area contributed by atoms with Crippen molar-refractivity contribution in [1.29, 1.82) is 0 Å². The van der Waals surface area contributed by atoms with Crippen LogP contribution in [-0.2, 0) is 16.1 Å². The quantitative estimate of drug-likeness (QED) is 0.402. The van der Waals surface area contributed by atoms with E-state index >= 15 is 0 Å². The molecule has 0 aliphatic carbocycles. The van der Waals surface area contributed by atoms with Gasteiger partial charge in [-0.25, -0.2) is 0 Å². The molecule has 0 heterocycles. The minimum Gasteiger partial charge on any atom is -0.459 e. The van der Waals surface area contributed by atoms with E-state index in [0.29, 0.717) is 15.8 Å². The van der Waals surface area contributed by atoms with Crippen molar-refractivity contribution >= 4 is 34.9 Å². The van der Waals surface area contributed by atoms with Crippen LogP contribution in [0.3, 0.4) is 0 Å². The fourth-order valence-corrected chi connectivity index (χ4v) is 2.74. The van der Waals surface area contributed by atoms with E-state index in [2.05, 4.69) is 4.99 Å². The average Bonchev–Trinajstić information content (AvgIpc) is 2.70. The number of benzene rings is 3. The zero-order valence-electron chi connectivity index (χ0n) is 14.4. The van der Waals surface area contributed by atoms with Gasteiger partial charge in [0, 0.05) is 21.2 Å². The van der Waals surface area contributed by atoms with Crippen molar-refractivity contribution in [1.82, 2.24) is 0 Å². The molecule has 0 saturated carbocycles. The van der Waals surface area contributed by atoms with Gasteiger partial charge in [-0.15, -0.1) is 0 Å². The average molecular weight is 398 g/mol. The Hall–Kier alpha value is -2.62. The first-order valence-electron chi connectivity index (χ1n) is 8.38. The summed E-state index contributed by atoms with van der Waals surface area (Å²) >= 11 is 12.0. The van der Waals surface area contributed by atoms with Gasteiger partial charge in [0.15, 0.2) is 0 Å². The molecule has 0 bridgehead atoms. The highest BCUT2D eigenvalue weighted by atomic mass is 35.5. The monoisotopic (exact) mass is 397 g/mol. The molecule has 3 aromatic rings. The number of halogens is 2. The number of esters is 1. The summed E-state index contributed by atoms with van der Waals surface area (Å²) in [5, 5.41) is 1.27. The Kier molecular flexibility index (Phi) is 6.64. The van der Waals surface area contributed by atoms with E-state index in [9.17, 15) is 4.79 Å². The Morgan fingerprint density at radius 1 is 0.778 bits per heavy atom. The van der Waals surface area contributed by atoms with Crippen LogP contribution in [0.2, 0.25) is 10.0 Å². The van der Waals surface area contributed by atoms with Gasteiger partial charge in [0.2, 0.25) is 0 Å². The minimum absolute atomic E-state index is 0.0760. The second-order valence-electron chi connectivity index (χ2n) is 5.82. The maximum atomic E-state index is 12.1. The Bertz CT molecular complexity index is 873. The summed E-state index contributed by atoms with van der Waals surface area (Å²) < 4.78 is 5.30. The summed E-state index contributed by atoms with van der Waals surface area (Å²) in [4.78, 5) is 16.6. The summed E-state index contributed by atoms with van der Waals surface area (Å²) in [6, 6.07) is 24.2. The van der Waals surface area contributed by atoms with Crippen molar-refractivity contribution in [2.24, 2.45) is 4.99 Å². The molecule has 0 aliphatic rings. The molecule has 3 nitrogen and oxygen atoms in total. The zero-order valence-corrected chi connectivity index (χ0v) is 16.0. The molecule has 0 fully saturated rings. The second-order valence-corrected chi connectivity index (χ2v) is 6.70. The highest BCUT2D eigenvalue weighted by Crippen LogP contribution is 2.17. The summed E-state index contributed by atoms with van der Waals surface area (Å²) in [5.74, 6) is -0.390. The van der Waals surface area contributed by atoms with Crippen LogP contribution in [0, 0.1) is 0 Å². The molecule has 0 unspecified atom stereocenters. The van der Waals surface area contributed by atoms with Crippen LogP contribution in [0.5, 0.6) is 0 Å². The molecule has 3 aromatic carbocycles. The smallest absolute Gasteiger partial charge is 0.328 e. The van der Waals surface area contributed by atoms with E-state index in [1.807, 2.05) is 54.6 Å². The van der Waals surface area contributed by atoms with Gasteiger partial charge in [0.25, 0.3) is 0 Å². The molecule has 0 aliphatic heterocycles. The predicted molar refractivity (Wildman–Crippen MR) is 110 cm³/mol. The van der Waals surface area contributed by atoms with Gasteiger partial charge >= 0.3 is 5.97 Å². The summed E-state index contributed by atoms with van der Waals surface area (Å²) in [6.07, 6.45) is 0. The van der Waals surface area contributed by atoms with Crippen LogP contribution in [0.25, 0.3) is 0 Å². The maximum Gasteiger partial charge on any atom is 0.328 e. The largest absolute Gasteiger partial charge is 0.459 e. The van der Waals surface area contributed by atoms with E-state index in [1.54, 1.807) is 24.3 Å². The van der Waals surface area contributed by atoms with Crippen molar-refractivity contribution in [3.05, 3.63) is 106 Å². The Balaban J connectivity index is 1.76. The highest BCUT2D eigenvalue weighted by molar-refractivity contribution is 6.31. The number of ether oxygens (including phenoxy) is 1. The van der Waals surface area contributed by atoms with Crippen LogP contribution in [-0.4, -0.2) is 18.2 Å². The van der Waals surface area contributed by atoms with E-state index in [-0.39, 0.29) is 19.1 Å². The van der Waals surface area contributed by atoms with Gasteiger partial charge in [-0.05, 0) is 29.8 Å². The lowest BCUT2D eigenvalue weighted by molar-refractivity contribution is -0.143. The molecule has 3 rings (SSSR count). The lowest BCUT2D eigenvalue weighted by atomic mass is 10.0. The summed E-state index contributed by atoms with van der Waals surface area (Å²) in [6.45, 7) is 0.153. The van der Waals surface area contributed by atoms with Crippen molar-refractivity contribution in [2.75, 3.05) is 6.54 Å². The van der Waals surface area contributed by atoms with Gasteiger partial charge in [0.05, 0.1) is 5.71 Å². The van der Waals surface area contributed by atoms with E-state index in [1.165, 1.54) is 0 Å². The molecule has 0 saturated heterocycles. The van der Waals surface area contributed by atoms with Gasteiger partial charge < -0.3 is 4.74 Å². The number of nitrogens with zero attached hydrogens (tertiary/aromatic N) is 1. The third-order valence-corrected chi connectivity index (χ3v) is 4.35. The molecular weight excluding hydrogens is 381 g/mol. The molecule has 0 spiro atoms. The zero-order chi connectivity index (χ0) is 19.1. The Morgan fingerprint density at radius 3 is 1.81 bits per heavy atom. The SMILES string of the molecule is O=C(CN=C(c1ccc(Cl)cc1)c1ccc(Cl)cc1)OCc1ccccc1. The van der Waals surface area contributed by atoms with Crippen molar-refractivity contribution in [2.45, 2.75) is 6.61 Å². The predicted octanol–water partition coefficient (Wildman–Crippen LogP) is 5.57. The minimum atomic E-state index is -0.390. The molecule has 0 atom stereocenters. The van der Waals surface area contributed by atoms with E-state index in [4.69, 9.17) is 27.9 Å². The highest BCUT2D eigenvalue weighted by Gasteiger charge is 2.09. The lowest BCUT2D eigenvalue weighted by Gasteiger charge is -2.09. The van der Waals surface area contributed by atoms with Gasteiger partial charge in [-0.2, -0.15) is 0 Å². The number of hydrogen-bond donors (Lipinski definition) is 0. The molecule has 0 radical (unpaired) electrons. The van der Waals surface area contributed by atoms with Gasteiger partial charge in [0.1, 0.15) is 13.2 Å². The summed E-state index contributed by atoms with van der Waals surface area (Å²) in [5.41, 5.74) is 3.33. The fraction of sp³-hybridized carbons (Fsp3) is 0.0909. The molecule has 5 heteroatoms. The lowest BCUT2D eigenvalue weighted by Crippen LogP contribution is -2.12. The van der Waals surface area contributed by atoms with Gasteiger partial charge in [-0.1, -0.05) is 77.8 Å². The number of hydrogen-bond acceptors (Lipinski definition) is 3.